The van der Waals surface area contributed by atoms with Crippen LogP contribution in [0.15, 0.2) is 302 Å². The minimum atomic E-state index is 1.07. The molecule has 6 aromatic heterocycles. The van der Waals surface area contributed by atoms with Crippen LogP contribution in [0.4, 0.5) is 34.1 Å². The molecule has 0 aliphatic carbocycles. The number of nitrogens with zero attached hydrogens (tertiary/aromatic N) is 6. The van der Waals surface area contributed by atoms with Gasteiger partial charge >= 0.3 is 0 Å². The zero-order valence-electron chi connectivity index (χ0n) is 46.4. The number of benzene rings is 12. The van der Waals surface area contributed by atoms with Crippen LogP contribution in [-0.2, 0) is 0 Å². The van der Waals surface area contributed by atoms with E-state index in [2.05, 4.69) is 330 Å². The van der Waals surface area contributed by atoms with Crippen molar-refractivity contribution in [2.45, 2.75) is 0 Å². The molecule has 0 bridgehead atoms. The van der Waals surface area contributed by atoms with Crippen molar-refractivity contribution in [1.82, 2.24) is 18.3 Å². The predicted octanol–water partition coefficient (Wildman–Crippen LogP) is 22.3. The maximum atomic E-state index is 2.53. The van der Waals surface area contributed by atoms with Gasteiger partial charge in [-0.25, -0.2) is 0 Å². The molecule has 0 saturated heterocycles. The van der Waals surface area contributed by atoms with Gasteiger partial charge in [0.25, 0.3) is 0 Å². The van der Waals surface area contributed by atoms with E-state index >= 15 is 0 Å². The first-order valence-corrected chi connectivity index (χ1v) is 30.9. The predicted molar refractivity (Wildman–Crippen MR) is 366 cm³/mol. The van der Waals surface area contributed by atoms with E-state index in [1.165, 1.54) is 96.6 Å². The van der Waals surface area contributed by atoms with Crippen LogP contribution < -0.4 is 9.80 Å². The van der Waals surface area contributed by atoms with Crippen LogP contribution in [0.25, 0.3) is 119 Å². The van der Waals surface area contributed by atoms with E-state index in [0.717, 1.165) is 56.9 Å². The highest BCUT2D eigenvalue weighted by atomic mass is 32.1. The molecule has 0 amide bonds. The molecule has 0 aliphatic heterocycles. The number of hydrogen-bond donors (Lipinski definition) is 0. The summed E-state index contributed by atoms with van der Waals surface area (Å²) in [6, 6.07) is 107. The third-order valence-electron chi connectivity index (χ3n) is 17.4. The van der Waals surface area contributed by atoms with Crippen molar-refractivity contribution in [3.8, 4) is 22.7 Å². The minimum absolute atomic E-state index is 1.07. The fraction of sp³-hybridized carbons (Fsp3) is 0. The number of rotatable bonds is 10. The summed E-state index contributed by atoms with van der Waals surface area (Å²) in [5.41, 5.74) is 20.5. The molecular formula is C78H50N6S2. The topological polar surface area (TPSA) is 26.2 Å². The first kappa shape index (κ1) is 48.6. The van der Waals surface area contributed by atoms with Gasteiger partial charge in [-0.2, -0.15) is 0 Å². The Morgan fingerprint density at radius 1 is 0.221 bits per heavy atom. The highest BCUT2D eigenvalue weighted by Gasteiger charge is 2.26. The van der Waals surface area contributed by atoms with Crippen molar-refractivity contribution in [3.63, 3.8) is 0 Å². The van der Waals surface area contributed by atoms with E-state index in [1.807, 2.05) is 0 Å². The molecule has 0 aliphatic rings. The molecule has 18 aromatic rings. The van der Waals surface area contributed by atoms with Crippen molar-refractivity contribution < 1.29 is 0 Å². The standard InChI is InChI=1S/C78H50N6S2/c1-5-17-53(18-6-1)79(61-37-39-71-65(47-61)63-25-13-15-27-69(63)81(71)55-21-9-3-10-22-55)57-29-33-59(34-30-57)83-73-45-51-41-43-85-75(51)49-67(73)78-77(83)68-50-76-52(42-44-86-76)46-74(68)84(78)60-35-31-58(32-36-60)80(54-19-7-2-8-20-54)62-38-40-72-66(48-62)64-26-14-16-28-70(64)82(72)56-23-11-4-12-24-56/h1-50H. The number of fused-ring (bicyclic) bond motifs is 13. The largest absolute Gasteiger partial charge is 0.310 e. The third-order valence-corrected chi connectivity index (χ3v) is 19.2. The summed E-state index contributed by atoms with van der Waals surface area (Å²) in [7, 11) is 0. The maximum Gasteiger partial charge on any atom is 0.0804 e. The van der Waals surface area contributed by atoms with Gasteiger partial charge in [0.15, 0.2) is 0 Å². The first-order chi connectivity index (χ1) is 42.7. The van der Waals surface area contributed by atoms with Gasteiger partial charge < -0.3 is 28.1 Å². The van der Waals surface area contributed by atoms with Crippen molar-refractivity contribution in [3.05, 3.63) is 302 Å². The molecule has 18 rings (SSSR count). The normalized spacial score (nSPS) is 12.0. The van der Waals surface area contributed by atoms with E-state index in [1.54, 1.807) is 22.7 Å². The van der Waals surface area contributed by atoms with Crippen molar-refractivity contribution >= 4 is 153 Å². The molecular weight excluding hydrogens is 1090 g/mol. The lowest BCUT2D eigenvalue weighted by Gasteiger charge is -2.26. The maximum absolute atomic E-state index is 2.53. The molecule has 0 saturated carbocycles. The lowest BCUT2D eigenvalue weighted by atomic mass is 10.1. The first-order valence-electron chi connectivity index (χ1n) is 29.1. The average molecular weight is 1140 g/mol. The zero-order chi connectivity index (χ0) is 56.4. The fourth-order valence-electron chi connectivity index (χ4n) is 13.7. The van der Waals surface area contributed by atoms with Gasteiger partial charge in [-0.1, -0.05) is 109 Å². The van der Waals surface area contributed by atoms with Crippen LogP contribution in [0, 0.1) is 0 Å². The lowest BCUT2D eigenvalue weighted by molar-refractivity contribution is 1.17. The summed E-state index contributed by atoms with van der Waals surface area (Å²) in [6.07, 6.45) is 0. The van der Waals surface area contributed by atoms with E-state index in [0.29, 0.717) is 0 Å². The monoisotopic (exact) mass is 1130 g/mol. The van der Waals surface area contributed by atoms with Crippen LogP contribution in [0.5, 0.6) is 0 Å². The zero-order valence-corrected chi connectivity index (χ0v) is 48.0. The molecule has 404 valence electrons. The molecule has 0 N–H and O–H groups in total. The molecule has 12 aromatic carbocycles. The molecule has 0 fully saturated rings. The van der Waals surface area contributed by atoms with Gasteiger partial charge in [-0.3, -0.25) is 0 Å². The second-order valence-electron chi connectivity index (χ2n) is 22.2. The molecule has 8 heteroatoms. The summed E-state index contributed by atoms with van der Waals surface area (Å²) in [5.74, 6) is 0. The highest BCUT2D eigenvalue weighted by molar-refractivity contribution is 7.17. The molecule has 0 spiro atoms. The Morgan fingerprint density at radius 2 is 0.558 bits per heavy atom. The van der Waals surface area contributed by atoms with Gasteiger partial charge in [-0.15, -0.1) is 22.7 Å². The van der Waals surface area contributed by atoms with Gasteiger partial charge in [-0.05, 0) is 204 Å². The smallest absolute Gasteiger partial charge is 0.0804 e. The Balaban J connectivity index is 0.801. The number of para-hydroxylation sites is 6. The highest BCUT2D eigenvalue weighted by Crippen LogP contribution is 2.47. The second-order valence-corrected chi connectivity index (χ2v) is 24.1. The van der Waals surface area contributed by atoms with Gasteiger partial charge in [0, 0.05) is 98.6 Å². The van der Waals surface area contributed by atoms with E-state index in [9.17, 15) is 0 Å². The van der Waals surface area contributed by atoms with Crippen molar-refractivity contribution in [2.24, 2.45) is 0 Å². The van der Waals surface area contributed by atoms with Crippen LogP contribution in [0.2, 0.25) is 0 Å². The van der Waals surface area contributed by atoms with Crippen molar-refractivity contribution in [1.29, 1.82) is 0 Å². The van der Waals surface area contributed by atoms with Crippen molar-refractivity contribution in [2.75, 3.05) is 9.80 Å². The molecule has 0 atom stereocenters. The average Bonchev–Trinajstić information content (AvgIpc) is 1.79. The Hall–Kier alpha value is -10.9. The Labute approximate surface area is 503 Å². The summed E-state index contributed by atoms with van der Waals surface area (Å²) >= 11 is 3.60. The van der Waals surface area contributed by atoms with Crippen LogP contribution in [0.1, 0.15) is 0 Å². The molecule has 0 unspecified atom stereocenters. The summed E-state index contributed by atoms with van der Waals surface area (Å²) in [6.45, 7) is 0. The second kappa shape index (κ2) is 19.3. The quantitative estimate of drug-likeness (QED) is 0.136. The number of aromatic nitrogens is 4. The SMILES string of the molecule is c1ccc(N(c2ccc(-n3c4cc5ccsc5cc4c4c3c3cc5sccc5cc3n4-c3ccc(N(c4ccccc4)c4ccc5c(c4)c4ccccc4n5-c4ccccc4)cc3)cc2)c2ccc3c(c2)c2ccccc2n3-c2ccccc2)cc1. The Kier molecular flexibility index (Phi) is 10.9. The minimum Gasteiger partial charge on any atom is -0.310 e. The lowest BCUT2D eigenvalue weighted by Crippen LogP contribution is -2.10. The number of anilines is 6. The molecule has 6 nitrogen and oxygen atoms in total. The van der Waals surface area contributed by atoms with Crippen LogP contribution in [0.3, 0.4) is 0 Å². The van der Waals surface area contributed by atoms with Crippen LogP contribution >= 0.6 is 22.7 Å². The Bertz CT molecular complexity index is 5280. The van der Waals surface area contributed by atoms with Gasteiger partial charge in [0.1, 0.15) is 0 Å². The van der Waals surface area contributed by atoms with E-state index in [-0.39, 0.29) is 0 Å². The Morgan fingerprint density at radius 3 is 0.977 bits per heavy atom. The van der Waals surface area contributed by atoms with Crippen LogP contribution in [-0.4, -0.2) is 18.3 Å². The van der Waals surface area contributed by atoms with E-state index < -0.39 is 0 Å². The molecule has 86 heavy (non-hydrogen) atoms. The van der Waals surface area contributed by atoms with Gasteiger partial charge in [0.2, 0.25) is 0 Å². The molecule has 0 radical (unpaired) electrons. The fourth-order valence-corrected chi connectivity index (χ4v) is 15.3. The summed E-state index contributed by atoms with van der Waals surface area (Å²) in [4.78, 5) is 4.78. The summed E-state index contributed by atoms with van der Waals surface area (Å²) < 4.78 is 12.3. The van der Waals surface area contributed by atoms with Gasteiger partial charge in [0.05, 0.1) is 44.1 Å². The number of hydrogen-bond acceptors (Lipinski definition) is 4. The molecule has 6 heterocycles. The third kappa shape index (κ3) is 7.50. The number of thiophene rings is 2. The van der Waals surface area contributed by atoms with E-state index in [4.69, 9.17) is 0 Å². The summed E-state index contributed by atoms with van der Waals surface area (Å²) in [5, 5.41) is 14.2.